The summed E-state index contributed by atoms with van der Waals surface area (Å²) in [6.45, 7) is 2.19. The van der Waals surface area contributed by atoms with Crippen molar-refractivity contribution in [3.63, 3.8) is 0 Å². The van der Waals surface area contributed by atoms with Gasteiger partial charge in [0.2, 0.25) is 0 Å². The van der Waals surface area contributed by atoms with Crippen LogP contribution in [0.25, 0.3) is 0 Å². The van der Waals surface area contributed by atoms with Crippen LogP contribution in [0.4, 0.5) is 0 Å². The molecule has 0 bridgehead atoms. The maximum atomic E-state index is 5.92. The summed E-state index contributed by atoms with van der Waals surface area (Å²) in [5.41, 5.74) is 7.04. The minimum absolute atomic E-state index is 0.129. The topological polar surface area (TPSA) is 47.6 Å². The molecule has 2 rings (SSSR count). The first-order valence-electron chi connectivity index (χ1n) is 6.33. The van der Waals surface area contributed by atoms with E-state index in [0.29, 0.717) is 5.17 Å². The zero-order valence-corrected chi connectivity index (χ0v) is 11.8. The van der Waals surface area contributed by atoms with Crippen molar-refractivity contribution in [1.29, 1.82) is 0 Å². The van der Waals surface area contributed by atoms with Crippen LogP contribution < -0.4 is 10.5 Å². The summed E-state index contributed by atoms with van der Waals surface area (Å²) >= 11 is 1.65. The van der Waals surface area contributed by atoms with Crippen molar-refractivity contribution in [3.8, 4) is 5.75 Å². The van der Waals surface area contributed by atoms with E-state index < -0.39 is 0 Å². The number of nitrogens with zero attached hydrogens (tertiary/aromatic N) is 1. The number of amidine groups is 1. The third-order valence-corrected chi connectivity index (χ3v) is 4.18. The van der Waals surface area contributed by atoms with E-state index in [4.69, 9.17) is 15.5 Å². The molecule has 0 aromatic heterocycles. The predicted octanol–water partition coefficient (Wildman–Crippen LogP) is 3.14. The summed E-state index contributed by atoms with van der Waals surface area (Å²) in [4.78, 5) is 4.75. The van der Waals surface area contributed by atoms with E-state index in [-0.39, 0.29) is 5.54 Å². The van der Waals surface area contributed by atoms with E-state index in [1.807, 2.05) is 12.1 Å². The summed E-state index contributed by atoms with van der Waals surface area (Å²) in [7, 11) is 1.68. The van der Waals surface area contributed by atoms with E-state index in [0.717, 1.165) is 30.8 Å². The average molecular weight is 264 g/mol. The molecule has 1 aliphatic rings. The van der Waals surface area contributed by atoms with Crippen LogP contribution in [0.2, 0.25) is 0 Å². The van der Waals surface area contributed by atoms with Crippen molar-refractivity contribution < 1.29 is 4.74 Å². The van der Waals surface area contributed by atoms with Crippen molar-refractivity contribution in [2.75, 3.05) is 12.9 Å². The fourth-order valence-corrected chi connectivity index (χ4v) is 3.36. The summed E-state index contributed by atoms with van der Waals surface area (Å²) < 4.78 is 5.21. The predicted molar refractivity (Wildman–Crippen MR) is 78.3 cm³/mol. The summed E-state index contributed by atoms with van der Waals surface area (Å²) in [5.74, 6) is 1.92. The normalized spacial score (nSPS) is 23.6. The first-order valence-corrected chi connectivity index (χ1v) is 7.31. The number of methoxy groups -OCH3 is 1. The molecule has 18 heavy (non-hydrogen) atoms. The van der Waals surface area contributed by atoms with Gasteiger partial charge in [0.05, 0.1) is 12.6 Å². The fraction of sp³-hybridized carbons (Fsp3) is 0.500. The second-order valence-corrected chi connectivity index (χ2v) is 5.67. The van der Waals surface area contributed by atoms with Gasteiger partial charge in [-0.2, -0.15) is 0 Å². The fourth-order valence-electron chi connectivity index (χ4n) is 2.47. The molecule has 1 atom stereocenters. The van der Waals surface area contributed by atoms with Crippen LogP contribution in [0, 0.1) is 0 Å². The first kappa shape index (κ1) is 13.3. The molecule has 0 amide bonds. The molecule has 2 N–H and O–H groups in total. The second kappa shape index (κ2) is 5.65. The number of thioether (sulfide) groups is 1. The third-order valence-electron chi connectivity index (χ3n) is 3.38. The summed E-state index contributed by atoms with van der Waals surface area (Å²) in [6, 6.07) is 8.23. The summed E-state index contributed by atoms with van der Waals surface area (Å²) in [5, 5.41) is 0.713. The monoisotopic (exact) mass is 264 g/mol. The van der Waals surface area contributed by atoms with Crippen LogP contribution in [0.5, 0.6) is 5.75 Å². The molecule has 0 spiro atoms. The molecule has 0 saturated heterocycles. The van der Waals surface area contributed by atoms with E-state index >= 15 is 0 Å². The molecule has 1 aromatic rings. The minimum Gasteiger partial charge on any atom is -0.497 e. The van der Waals surface area contributed by atoms with Gasteiger partial charge >= 0.3 is 0 Å². The Hall–Kier alpha value is -1.16. The third kappa shape index (κ3) is 2.64. The molecule has 4 heteroatoms. The Bertz CT molecular complexity index is 430. The highest BCUT2D eigenvalue weighted by Crippen LogP contribution is 2.39. The number of aliphatic imine (C=N–C) groups is 1. The molecule has 1 aromatic carbocycles. The maximum absolute atomic E-state index is 5.92. The smallest absolute Gasteiger partial charge is 0.154 e. The quantitative estimate of drug-likeness (QED) is 0.908. The molecular formula is C14H20N2OS. The molecule has 0 aliphatic carbocycles. The van der Waals surface area contributed by atoms with Gasteiger partial charge in [-0.15, -0.1) is 0 Å². The number of benzene rings is 1. The van der Waals surface area contributed by atoms with Gasteiger partial charge in [-0.05, 0) is 30.5 Å². The van der Waals surface area contributed by atoms with Crippen LogP contribution in [0.3, 0.4) is 0 Å². The SMILES string of the molecule is CCCC1(c2ccc(OC)cc2)CCSC(N)=N1. The highest BCUT2D eigenvalue weighted by Gasteiger charge is 2.33. The Morgan fingerprint density at radius 3 is 2.67 bits per heavy atom. The van der Waals surface area contributed by atoms with Crippen LogP contribution in [0.1, 0.15) is 31.7 Å². The van der Waals surface area contributed by atoms with E-state index in [2.05, 4.69) is 19.1 Å². The van der Waals surface area contributed by atoms with Crippen molar-refractivity contribution in [3.05, 3.63) is 29.8 Å². The van der Waals surface area contributed by atoms with Gasteiger partial charge in [-0.3, -0.25) is 4.99 Å². The lowest BCUT2D eigenvalue weighted by Crippen LogP contribution is -2.31. The summed E-state index contributed by atoms with van der Waals surface area (Å²) in [6.07, 6.45) is 3.20. The van der Waals surface area contributed by atoms with E-state index in [1.165, 1.54) is 5.56 Å². The molecule has 0 radical (unpaired) electrons. The van der Waals surface area contributed by atoms with Crippen molar-refractivity contribution in [2.45, 2.75) is 31.7 Å². The maximum Gasteiger partial charge on any atom is 0.154 e. The Balaban J connectivity index is 2.36. The number of hydrogen-bond donors (Lipinski definition) is 1. The number of ether oxygens (including phenoxy) is 1. The number of hydrogen-bond acceptors (Lipinski definition) is 4. The Morgan fingerprint density at radius 2 is 2.11 bits per heavy atom. The second-order valence-electron chi connectivity index (χ2n) is 4.56. The lowest BCUT2D eigenvalue weighted by molar-refractivity contribution is 0.391. The molecule has 1 unspecified atom stereocenters. The van der Waals surface area contributed by atoms with Gasteiger partial charge in [-0.25, -0.2) is 0 Å². The average Bonchev–Trinajstić information content (AvgIpc) is 2.39. The van der Waals surface area contributed by atoms with Crippen molar-refractivity contribution in [1.82, 2.24) is 0 Å². The molecule has 0 fully saturated rings. The number of rotatable bonds is 4. The largest absolute Gasteiger partial charge is 0.497 e. The molecule has 3 nitrogen and oxygen atoms in total. The van der Waals surface area contributed by atoms with Crippen molar-refractivity contribution >= 4 is 16.9 Å². The van der Waals surface area contributed by atoms with Crippen LogP contribution in [0.15, 0.2) is 29.3 Å². The standard InChI is InChI=1S/C14H20N2OS/c1-3-8-14(9-10-18-13(15)16-14)11-4-6-12(17-2)7-5-11/h4-7H,3,8-10H2,1-2H3,(H2,15,16). The molecule has 98 valence electrons. The lowest BCUT2D eigenvalue weighted by Gasteiger charge is -2.33. The first-order chi connectivity index (χ1) is 8.70. The lowest BCUT2D eigenvalue weighted by atomic mass is 9.83. The molecular weight excluding hydrogens is 244 g/mol. The van der Waals surface area contributed by atoms with Crippen LogP contribution in [-0.4, -0.2) is 18.0 Å². The van der Waals surface area contributed by atoms with Gasteiger partial charge in [0, 0.05) is 5.75 Å². The Labute approximate surface area is 113 Å². The Morgan fingerprint density at radius 1 is 1.39 bits per heavy atom. The molecule has 1 aliphatic heterocycles. The van der Waals surface area contributed by atoms with Crippen molar-refractivity contribution in [2.24, 2.45) is 10.7 Å². The van der Waals surface area contributed by atoms with Gasteiger partial charge in [0.15, 0.2) is 5.17 Å². The van der Waals surface area contributed by atoms with E-state index in [9.17, 15) is 0 Å². The van der Waals surface area contributed by atoms with Gasteiger partial charge in [0.1, 0.15) is 5.75 Å². The van der Waals surface area contributed by atoms with Crippen LogP contribution >= 0.6 is 11.8 Å². The molecule has 0 saturated carbocycles. The Kier molecular flexibility index (Phi) is 4.17. The van der Waals surface area contributed by atoms with Gasteiger partial charge in [0.25, 0.3) is 0 Å². The van der Waals surface area contributed by atoms with E-state index in [1.54, 1.807) is 18.9 Å². The van der Waals surface area contributed by atoms with Gasteiger partial charge in [-0.1, -0.05) is 37.2 Å². The van der Waals surface area contributed by atoms with Crippen LogP contribution in [-0.2, 0) is 5.54 Å². The van der Waals surface area contributed by atoms with Gasteiger partial charge < -0.3 is 10.5 Å². The zero-order chi connectivity index (χ0) is 13.0. The molecule has 1 heterocycles. The highest BCUT2D eigenvalue weighted by atomic mass is 32.2. The zero-order valence-electron chi connectivity index (χ0n) is 11.0. The number of nitrogens with two attached hydrogens (primary N) is 1. The highest BCUT2D eigenvalue weighted by molar-refractivity contribution is 8.13. The minimum atomic E-state index is -0.129.